The molecular formula is C26H30N4O4. The van der Waals surface area contributed by atoms with Crippen LogP contribution in [0.4, 0.5) is 0 Å². The van der Waals surface area contributed by atoms with Crippen LogP contribution in [0.2, 0.25) is 0 Å². The van der Waals surface area contributed by atoms with Crippen LogP contribution in [0, 0.1) is 5.41 Å². The van der Waals surface area contributed by atoms with Crippen molar-refractivity contribution in [3.05, 3.63) is 66.0 Å². The van der Waals surface area contributed by atoms with E-state index in [4.69, 9.17) is 4.74 Å². The zero-order valence-electron chi connectivity index (χ0n) is 19.3. The first-order valence-electron chi connectivity index (χ1n) is 11.7. The van der Waals surface area contributed by atoms with Crippen molar-refractivity contribution < 1.29 is 19.4 Å². The second kappa shape index (κ2) is 10.5. The van der Waals surface area contributed by atoms with E-state index in [1.54, 1.807) is 0 Å². The number of carbonyl (C=O) groups excluding carboxylic acids is 2. The highest BCUT2D eigenvalue weighted by atomic mass is 16.5. The van der Waals surface area contributed by atoms with E-state index in [1.165, 1.54) is 0 Å². The largest absolute Gasteiger partial charge is 0.478 e. The number of rotatable bonds is 11. The Labute approximate surface area is 198 Å². The molecule has 1 aromatic heterocycles. The van der Waals surface area contributed by atoms with Crippen LogP contribution in [-0.4, -0.2) is 44.8 Å². The number of unbranched alkanes of at least 4 members (excludes halogenated alkanes) is 1. The fraction of sp³-hybridized carbons (Fsp3) is 0.385. The summed E-state index contributed by atoms with van der Waals surface area (Å²) >= 11 is 0. The third-order valence-corrected chi connectivity index (χ3v) is 6.22. The molecule has 1 saturated carbocycles. The smallest absolute Gasteiger partial charge is 0.333 e. The minimum atomic E-state index is -0.556. The zero-order valence-corrected chi connectivity index (χ0v) is 19.3. The predicted molar refractivity (Wildman–Crippen MR) is 127 cm³/mol. The maximum atomic E-state index is 12.8. The maximum Gasteiger partial charge on any atom is 0.333 e. The second-order valence-corrected chi connectivity index (χ2v) is 8.90. The lowest BCUT2D eigenvalue weighted by atomic mass is 9.92. The molecule has 34 heavy (non-hydrogen) atoms. The molecule has 3 aromatic rings. The van der Waals surface area contributed by atoms with Crippen LogP contribution < -0.4 is 5.32 Å². The summed E-state index contributed by atoms with van der Waals surface area (Å²) in [4.78, 5) is 29.2. The first-order chi connectivity index (χ1) is 16.5. The SMILES string of the molecule is CCCCOC(=O)C1(CC(Cc2ccc(-c3ccccc3)cc2)NC(=O)c2nc(O)n[nH]2)CC1. The first-order valence-corrected chi connectivity index (χ1v) is 11.7. The van der Waals surface area contributed by atoms with E-state index in [0.29, 0.717) is 19.4 Å². The molecule has 1 heterocycles. The molecule has 0 spiro atoms. The molecule has 1 aliphatic carbocycles. The number of ether oxygens (including phenoxy) is 1. The van der Waals surface area contributed by atoms with Gasteiger partial charge >= 0.3 is 12.0 Å². The molecule has 178 valence electrons. The molecule has 2 aromatic carbocycles. The number of hydrogen-bond donors (Lipinski definition) is 3. The van der Waals surface area contributed by atoms with E-state index in [9.17, 15) is 14.7 Å². The van der Waals surface area contributed by atoms with Crippen molar-refractivity contribution >= 4 is 11.9 Å². The number of amides is 1. The zero-order chi connectivity index (χ0) is 24.0. The molecule has 1 atom stereocenters. The summed E-state index contributed by atoms with van der Waals surface area (Å²) in [5.74, 6) is -0.733. The Balaban J connectivity index is 1.48. The molecular weight excluding hydrogens is 432 g/mol. The Morgan fingerprint density at radius 2 is 1.82 bits per heavy atom. The first kappa shape index (κ1) is 23.5. The van der Waals surface area contributed by atoms with Gasteiger partial charge in [0, 0.05) is 6.04 Å². The van der Waals surface area contributed by atoms with Gasteiger partial charge in [0.15, 0.2) is 0 Å². The molecule has 3 N–H and O–H groups in total. The molecule has 1 fully saturated rings. The van der Waals surface area contributed by atoms with Crippen LogP contribution in [0.3, 0.4) is 0 Å². The number of nitrogens with zero attached hydrogens (tertiary/aromatic N) is 2. The summed E-state index contributed by atoms with van der Waals surface area (Å²) in [5.41, 5.74) is 2.73. The highest BCUT2D eigenvalue weighted by molar-refractivity contribution is 5.90. The van der Waals surface area contributed by atoms with E-state index >= 15 is 0 Å². The highest BCUT2D eigenvalue weighted by Crippen LogP contribution is 2.51. The van der Waals surface area contributed by atoms with E-state index < -0.39 is 17.3 Å². The van der Waals surface area contributed by atoms with Crippen LogP contribution in [-0.2, 0) is 16.0 Å². The summed E-state index contributed by atoms with van der Waals surface area (Å²) in [7, 11) is 0. The number of carbonyl (C=O) groups is 2. The number of aromatic amines is 1. The number of aromatic hydroxyl groups is 1. The minimum absolute atomic E-state index is 0.0719. The topological polar surface area (TPSA) is 117 Å². The third kappa shape index (κ3) is 5.81. The summed E-state index contributed by atoms with van der Waals surface area (Å²) in [6.45, 7) is 2.48. The van der Waals surface area contributed by atoms with Crippen molar-refractivity contribution in [2.24, 2.45) is 5.41 Å². The minimum Gasteiger partial charge on any atom is -0.478 e. The second-order valence-electron chi connectivity index (χ2n) is 8.90. The average Bonchev–Trinajstić information content (AvgIpc) is 3.50. The quantitative estimate of drug-likeness (QED) is 0.293. The Morgan fingerprint density at radius 3 is 2.44 bits per heavy atom. The summed E-state index contributed by atoms with van der Waals surface area (Å²) in [6, 6.07) is 17.5. The molecule has 0 saturated heterocycles. The Hall–Kier alpha value is -3.68. The molecule has 1 amide bonds. The Kier molecular flexibility index (Phi) is 7.25. The molecule has 0 radical (unpaired) electrons. The Bertz CT molecular complexity index is 1110. The van der Waals surface area contributed by atoms with Gasteiger partial charge in [-0.2, -0.15) is 4.98 Å². The monoisotopic (exact) mass is 462 g/mol. The number of H-pyrrole nitrogens is 1. The standard InChI is InChI=1S/C26H30N4O4/c1-2-3-15-34-24(32)26(13-14-26)17-21(27-23(31)22-28-25(33)30-29-22)16-18-9-11-20(12-10-18)19-7-5-4-6-8-19/h4-12,21H,2-3,13-17H2,1H3,(H,27,31)(H2,28,29,30,33). The van der Waals surface area contributed by atoms with Crippen LogP contribution in [0.1, 0.15) is 55.2 Å². The van der Waals surface area contributed by atoms with Gasteiger partial charge in [-0.3, -0.25) is 14.7 Å². The molecule has 0 aliphatic heterocycles. The van der Waals surface area contributed by atoms with Crippen molar-refractivity contribution in [2.45, 2.75) is 51.5 Å². The van der Waals surface area contributed by atoms with E-state index in [1.807, 2.05) is 30.3 Å². The number of hydrogen-bond acceptors (Lipinski definition) is 6. The van der Waals surface area contributed by atoms with Gasteiger partial charge in [0.05, 0.1) is 12.0 Å². The molecule has 0 bridgehead atoms. The molecule has 8 nitrogen and oxygen atoms in total. The van der Waals surface area contributed by atoms with Crippen LogP contribution in [0.5, 0.6) is 6.01 Å². The Morgan fingerprint density at radius 1 is 1.12 bits per heavy atom. The van der Waals surface area contributed by atoms with Crippen molar-refractivity contribution in [2.75, 3.05) is 6.61 Å². The van der Waals surface area contributed by atoms with Gasteiger partial charge in [-0.25, -0.2) is 0 Å². The maximum absolute atomic E-state index is 12.8. The van der Waals surface area contributed by atoms with Gasteiger partial charge < -0.3 is 15.2 Å². The third-order valence-electron chi connectivity index (χ3n) is 6.22. The normalized spacial score (nSPS) is 14.9. The van der Waals surface area contributed by atoms with Crippen LogP contribution in [0.25, 0.3) is 11.1 Å². The number of benzene rings is 2. The van der Waals surface area contributed by atoms with E-state index in [0.717, 1.165) is 42.4 Å². The van der Waals surface area contributed by atoms with Gasteiger partial charge in [0.1, 0.15) is 0 Å². The average molecular weight is 463 g/mol. The van der Waals surface area contributed by atoms with Crippen LogP contribution in [0.15, 0.2) is 54.6 Å². The highest BCUT2D eigenvalue weighted by Gasteiger charge is 2.52. The fourth-order valence-electron chi connectivity index (χ4n) is 4.11. The lowest BCUT2D eigenvalue weighted by Crippen LogP contribution is -2.40. The van der Waals surface area contributed by atoms with Gasteiger partial charge in [-0.1, -0.05) is 67.9 Å². The van der Waals surface area contributed by atoms with Gasteiger partial charge in [-0.05, 0) is 48.8 Å². The van der Waals surface area contributed by atoms with Crippen molar-refractivity contribution in [3.63, 3.8) is 0 Å². The van der Waals surface area contributed by atoms with Crippen molar-refractivity contribution in [1.82, 2.24) is 20.5 Å². The van der Waals surface area contributed by atoms with E-state index in [-0.39, 0.29) is 17.8 Å². The van der Waals surface area contributed by atoms with Gasteiger partial charge in [0.2, 0.25) is 5.82 Å². The summed E-state index contributed by atoms with van der Waals surface area (Å²) in [6.07, 6.45) is 4.32. The summed E-state index contributed by atoms with van der Waals surface area (Å²) < 4.78 is 5.51. The van der Waals surface area contributed by atoms with E-state index in [2.05, 4.69) is 51.7 Å². The number of aromatic nitrogens is 3. The molecule has 8 heteroatoms. The molecule has 4 rings (SSSR count). The van der Waals surface area contributed by atoms with Crippen LogP contribution >= 0.6 is 0 Å². The summed E-state index contributed by atoms with van der Waals surface area (Å²) in [5, 5.41) is 18.3. The van der Waals surface area contributed by atoms with Crippen molar-refractivity contribution in [1.29, 1.82) is 0 Å². The van der Waals surface area contributed by atoms with Gasteiger partial charge in [0.25, 0.3) is 5.91 Å². The van der Waals surface area contributed by atoms with Crippen molar-refractivity contribution in [3.8, 4) is 17.1 Å². The predicted octanol–water partition coefficient (Wildman–Crippen LogP) is 4.03. The lowest BCUT2D eigenvalue weighted by Gasteiger charge is -2.23. The number of nitrogens with one attached hydrogen (secondary N) is 2. The molecule has 1 aliphatic rings. The lowest BCUT2D eigenvalue weighted by molar-refractivity contribution is -0.150. The fourth-order valence-corrected chi connectivity index (χ4v) is 4.11. The van der Waals surface area contributed by atoms with Gasteiger partial charge in [-0.15, -0.1) is 5.10 Å². The molecule has 1 unspecified atom stereocenters. The number of esters is 1.